The van der Waals surface area contributed by atoms with Gasteiger partial charge in [0.05, 0.1) is 11.2 Å². The fraction of sp³-hybridized carbons (Fsp3) is 0.667. The molecule has 0 radical (unpaired) electrons. The van der Waals surface area contributed by atoms with Gasteiger partial charge in [0.1, 0.15) is 0 Å². The molecule has 1 aromatic rings. The van der Waals surface area contributed by atoms with Crippen molar-refractivity contribution < 1.29 is 18.3 Å². The number of halogens is 3. The molecule has 0 saturated heterocycles. The van der Waals surface area contributed by atoms with Gasteiger partial charge in [0.2, 0.25) is 0 Å². The van der Waals surface area contributed by atoms with Crippen LogP contribution in [0.1, 0.15) is 49.7 Å². The smallest absolute Gasteiger partial charge is 0.385 e. The van der Waals surface area contributed by atoms with Crippen LogP contribution in [0.5, 0.6) is 0 Å². The first-order valence-corrected chi connectivity index (χ1v) is 7.14. The third-order valence-electron chi connectivity index (χ3n) is 4.68. The van der Waals surface area contributed by atoms with Crippen molar-refractivity contribution in [3.63, 3.8) is 0 Å². The second-order valence-corrected chi connectivity index (χ2v) is 6.14. The minimum absolute atomic E-state index is 0.0437. The molecule has 0 aromatic carbocycles. The SMILES string of the molecule is OC1(c2cnccc2C(F)(F)F)CCCC(C2CC2)C1. The molecule has 2 aliphatic carbocycles. The molecule has 2 unspecified atom stereocenters. The molecule has 20 heavy (non-hydrogen) atoms. The van der Waals surface area contributed by atoms with E-state index in [0.717, 1.165) is 37.9 Å². The van der Waals surface area contributed by atoms with E-state index in [1.807, 2.05) is 0 Å². The number of hydrogen-bond donors (Lipinski definition) is 1. The lowest BCUT2D eigenvalue weighted by molar-refractivity contribution is -0.142. The molecule has 110 valence electrons. The van der Waals surface area contributed by atoms with Gasteiger partial charge in [0.15, 0.2) is 0 Å². The quantitative estimate of drug-likeness (QED) is 0.894. The van der Waals surface area contributed by atoms with E-state index in [4.69, 9.17) is 0 Å². The molecule has 0 aliphatic heterocycles. The fourth-order valence-electron chi connectivity index (χ4n) is 3.52. The number of aliphatic hydroxyl groups is 1. The molecule has 2 atom stereocenters. The summed E-state index contributed by atoms with van der Waals surface area (Å²) in [4.78, 5) is 3.80. The zero-order valence-corrected chi connectivity index (χ0v) is 11.2. The van der Waals surface area contributed by atoms with Crippen molar-refractivity contribution in [3.05, 3.63) is 29.6 Å². The monoisotopic (exact) mass is 285 g/mol. The maximum atomic E-state index is 13.1. The molecular weight excluding hydrogens is 267 g/mol. The second kappa shape index (κ2) is 4.72. The molecule has 2 aliphatic rings. The highest BCUT2D eigenvalue weighted by Gasteiger charge is 2.46. The van der Waals surface area contributed by atoms with Crippen molar-refractivity contribution in [2.24, 2.45) is 11.8 Å². The Hall–Kier alpha value is -1.10. The van der Waals surface area contributed by atoms with Crippen LogP contribution in [0.25, 0.3) is 0 Å². The van der Waals surface area contributed by atoms with Crippen LogP contribution in [0.4, 0.5) is 13.2 Å². The van der Waals surface area contributed by atoms with E-state index in [0.29, 0.717) is 24.7 Å². The zero-order valence-electron chi connectivity index (χ0n) is 11.2. The maximum Gasteiger partial charge on any atom is 0.416 e. The van der Waals surface area contributed by atoms with Crippen LogP contribution in [0, 0.1) is 11.8 Å². The summed E-state index contributed by atoms with van der Waals surface area (Å²) < 4.78 is 39.3. The van der Waals surface area contributed by atoms with Crippen LogP contribution < -0.4 is 0 Å². The van der Waals surface area contributed by atoms with Crippen molar-refractivity contribution in [3.8, 4) is 0 Å². The van der Waals surface area contributed by atoms with Crippen LogP contribution in [0.2, 0.25) is 0 Å². The molecule has 2 nitrogen and oxygen atoms in total. The molecule has 0 amide bonds. The topological polar surface area (TPSA) is 33.1 Å². The van der Waals surface area contributed by atoms with E-state index < -0.39 is 17.3 Å². The van der Waals surface area contributed by atoms with Crippen molar-refractivity contribution in [1.82, 2.24) is 4.98 Å². The summed E-state index contributed by atoms with van der Waals surface area (Å²) in [5, 5.41) is 10.8. The highest BCUT2D eigenvalue weighted by Crippen LogP contribution is 2.51. The molecule has 0 bridgehead atoms. The van der Waals surface area contributed by atoms with Gasteiger partial charge < -0.3 is 5.11 Å². The average molecular weight is 285 g/mol. The molecule has 1 N–H and O–H groups in total. The van der Waals surface area contributed by atoms with Gasteiger partial charge in [-0.15, -0.1) is 0 Å². The normalized spacial score (nSPS) is 31.3. The van der Waals surface area contributed by atoms with E-state index in [1.54, 1.807) is 0 Å². The largest absolute Gasteiger partial charge is 0.416 e. The highest BCUT2D eigenvalue weighted by atomic mass is 19.4. The second-order valence-electron chi connectivity index (χ2n) is 6.14. The third-order valence-corrected chi connectivity index (χ3v) is 4.68. The summed E-state index contributed by atoms with van der Waals surface area (Å²) in [5.41, 5.74) is -2.16. The minimum atomic E-state index is -4.44. The Morgan fingerprint density at radius 2 is 1.95 bits per heavy atom. The van der Waals surface area contributed by atoms with Gasteiger partial charge in [0, 0.05) is 18.0 Å². The standard InChI is InChI=1S/C15H18F3NO/c16-15(17,18)12-5-7-19-9-13(12)14(20)6-1-2-11(8-14)10-3-4-10/h5,7,9-11,20H,1-4,6,8H2. The first-order chi connectivity index (χ1) is 9.40. The number of aromatic nitrogens is 1. The first-order valence-electron chi connectivity index (χ1n) is 7.14. The van der Waals surface area contributed by atoms with Gasteiger partial charge in [-0.1, -0.05) is 0 Å². The molecular formula is C15H18F3NO. The maximum absolute atomic E-state index is 13.1. The Morgan fingerprint density at radius 3 is 2.60 bits per heavy atom. The minimum Gasteiger partial charge on any atom is -0.385 e. The van der Waals surface area contributed by atoms with Gasteiger partial charge in [-0.05, 0) is 56.4 Å². The number of nitrogens with zero attached hydrogens (tertiary/aromatic N) is 1. The Kier molecular flexibility index (Phi) is 3.27. The molecule has 1 aromatic heterocycles. The lowest BCUT2D eigenvalue weighted by Gasteiger charge is -2.38. The van der Waals surface area contributed by atoms with Crippen LogP contribution in [-0.4, -0.2) is 10.1 Å². The predicted molar refractivity (Wildman–Crippen MR) is 67.8 cm³/mol. The lowest BCUT2D eigenvalue weighted by Crippen LogP contribution is -2.35. The molecule has 2 fully saturated rings. The summed E-state index contributed by atoms with van der Waals surface area (Å²) >= 11 is 0. The summed E-state index contributed by atoms with van der Waals surface area (Å²) in [5.74, 6) is 0.961. The molecule has 0 spiro atoms. The van der Waals surface area contributed by atoms with E-state index in [9.17, 15) is 18.3 Å². The Balaban J connectivity index is 1.94. The van der Waals surface area contributed by atoms with Gasteiger partial charge >= 0.3 is 6.18 Å². The van der Waals surface area contributed by atoms with Crippen LogP contribution in [0.15, 0.2) is 18.5 Å². The molecule has 2 saturated carbocycles. The number of pyridine rings is 1. The highest BCUT2D eigenvalue weighted by molar-refractivity contribution is 5.32. The van der Waals surface area contributed by atoms with Gasteiger partial charge in [-0.3, -0.25) is 4.98 Å². The van der Waals surface area contributed by atoms with Crippen molar-refractivity contribution >= 4 is 0 Å². The van der Waals surface area contributed by atoms with Gasteiger partial charge in [-0.2, -0.15) is 13.2 Å². The lowest BCUT2D eigenvalue weighted by atomic mass is 9.72. The Labute approximate surface area is 116 Å². The number of alkyl halides is 3. The van der Waals surface area contributed by atoms with E-state index >= 15 is 0 Å². The predicted octanol–water partition coefficient (Wildman–Crippen LogP) is 3.89. The van der Waals surface area contributed by atoms with Crippen LogP contribution >= 0.6 is 0 Å². The third kappa shape index (κ3) is 2.55. The first kappa shape index (κ1) is 13.9. The molecule has 3 rings (SSSR count). The number of rotatable bonds is 2. The number of hydrogen-bond acceptors (Lipinski definition) is 2. The van der Waals surface area contributed by atoms with E-state index in [2.05, 4.69) is 4.98 Å². The molecule has 1 heterocycles. The Bertz CT molecular complexity index is 498. The summed E-state index contributed by atoms with van der Waals surface area (Å²) in [6.45, 7) is 0. The van der Waals surface area contributed by atoms with Crippen molar-refractivity contribution in [1.29, 1.82) is 0 Å². The molecule has 5 heteroatoms. The van der Waals surface area contributed by atoms with Crippen molar-refractivity contribution in [2.75, 3.05) is 0 Å². The van der Waals surface area contributed by atoms with Gasteiger partial charge in [0.25, 0.3) is 0 Å². The van der Waals surface area contributed by atoms with Crippen LogP contribution in [0.3, 0.4) is 0 Å². The Morgan fingerprint density at radius 1 is 1.20 bits per heavy atom. The average Bonchev–Trinajstić information content (AvgIpc) is 3.22. The van der Waals surface area contributed by atoms with Crippen LogP contribution in [-0.2, 0) is 11.8 Å². The van der Waals surface area contributed by atoms with E-state index in [1.165, 1.54) is 6.20 Å². The zero-order chi connectivity index (χ0) is 14.4. The van der Waals surface area contributed by atoms with Crippen molar-refractivity contribution in [2.45, 2.75) is 50.3 Å². The van der Waals surface area contributed by atoms with Gasteiger partial charge in [-0.25, -0.2) is 0 Å². The van der Waals surface area contributed by atoms with E-state index in [-0.39, 0.29) is 5.56 Å². The summed E-state index contributed by atoms with van der Waals surface area (Å²) in [6.07, 6.45) is 2.82. The fourth-order valence-corrected chi connectivity index (χ4v) is 3.52. The summed E-state index contributed by atoms with van der Waals surface area (Å²) in [7, 11) is 0. The summed E-state index contributed by atoms with van der Waals surface area (Å²) in [6, 6.07) is 0.966.